The fourth-order valence-electron chi connectivity index (χ4n) is 4.56. The van der Waals surface area contributed by atoms with E-state index in [0.717, 1.165) is 22.3 Å². The van der Waals surface area contributed by atoms with Gasteiger partial charge < -0.3 is 15.2 Å². The number of carbonyl (C=O) groups is 2. The lowest BCUT2D eigenvalue weighted by Gasteiger charge is -2.23. The summed E-state index contributed by atoms with van der Waals surface area (Å²) in [4.78, 5) is 39.5. The first-order valence-electron chi connectivity index (χ1n) is 11.6. The van der Waals surface area contributed by atoms with Crippen LogP contribution < -0.4 is 5.32 Å². The Bertz CT molecular complexity index is 1240. The summed E-state index contributed by atoms with van der Waals surface area (Å²) in [5.41, 5.74) is 5.66. The molecule has 1 fully saturated rings. The van der Waals surface area contributed by atoms with Crippen LogP contribution in [0.1, 0.15) is 65.7 Å². The van der Waals surface area contributed by atoms with Gasteiger partial charge in [-0.25, -0.2) is 4.98 Å². The van der Waals surface area contributed by atoms with Gasteiger partial charge in [0.15, 0.2) is 5.82 Å². The zero-order valence-corrected chi connectivity index (χ0v) is 19.5. The van der Waals surface area contributed by atoms with Gasteiger partial charge >= 0.3 is 0 Å². The smallest absolute Gasteiger partial charge is 0.271 e. The number of rotatable bonds is 6. The number of nitrogens with one attached hydrogen (secondary N) is 2. The van der Waals surface area contributed by atoms with Gasteiger partial charge in [-0.1, -0.05) is 6.07 Å². The van der Waals surface area contributed by atoms with E-state index in [1.54, 1.807) is 6.20 Å². The molecule has 1 saturated carbocycles. The lowest BCUT2D eigenvalue weighted by atomic mass is 10.0. The summed E-state index contributed by atoms with van der Waals surface area (Å²) in [5.74, 6) is 1.15. The number of amides is 2. The number of aryl methyl sites for hydroxylation is 1. The highest BCUT2D eigenvalue weighted by Crippen LogP contribution is 2.39. The molecule has 5 rings (SSSR count). The maximum atomic E-state index is 12.9. The number of hydrogen-bond acceptors (Lipinski definition) is 4. The minimum Gasteiger partial charge on any atom is -0.348 e. The van der Waals surface area contributed by atoms with Crippen LogP contribution in [0.5, 0.6) is 0 Å². The molecule has 1 aliphatic heterocycles. The van der Waals surface area contributed by atoms with Crippen molar-refractivity contribution in [2.45, 2.75) is 59.2 Å². The van der Waals surface area contributed by atoms with Crippen molar-refractivity contribution in [1.82, 2.24) is 25.2 Å². The first-order chi connectivity index (χ1) is 15.8. The Labute approximate surface area is 193 Å². The van der Waals surface area contributed by atoms with E-state index in [0.29, 0.717) is 41.4 Å². The van der Waals surface area contributed by atoms with E-state index in [9.17, 15) is 9.59 Å². The summed E-state index contributed by atoms with van der Waals surface area (Å²) in [5, 5.41) is 2.88. The van der Waals surface area contributed by atoms with Crippen LogP contribution in [0.4, 0.5) is 0 Å². The van der Waals surface area contributed by atoms with Gasteiger partial charge in [0.25, 0.3) is 11.8 Å². The number of carbonyl (C=O) groups excluding carboxylic acids is 2. The number of hydrogen-bond donors (Lipinski definition) is 2. The summed E-state index contributed by atoms with van der Waals surface area (Å²) in [6.45, 7) is 8.51. The molecule has 1 atom stereocenters. The highest BCUT2D eigenvalue weighted by molar-refractivity contribution is 5.99. The maximum Gasteiger partial charge on any atom is 0.271 e. The third-order valence-electron chi connectivity index (χ3n) is 6.59. The van der Waals surface area contributed by atoms with Gasteiger partial charge in [0.2, 0.25) is 0 Å². The number of aromatic amines is 1. The van der Waals surface area contributed by atoms with Crippen molar-refractivity contribution >= 4 is 11.8 Å². The molecule has 170 valence electrons. The van der Waals surface area contributed by atoms with Gasteiger partial charge in [0.1, 0.15) is 11.4 Å². The molecular weight excluding hydrogens is 414 g/mol. The SMILES string of the molecule is Cc1[nH]c(-c2cc(-c3ccc4c(c3)CN(C(C)C3CC3)C4=O)ccn2)nc1C(=O)NC(C)C. The van der Waals surface area contributed by atoms with E-state index in [2.05, 4.69) is 33.3 Å². The number of nitrogens with zero attached hydrogens (tertiary/aromatic N) is 3. The van der Waals surface area contributed by atoms with Crippen molar-refractivity contribution in [1.29, 1.82) is 0 Å². The molecular formula is C26H29N5O2. The second kappa shape index (κ2) is 8.14. The van der Waals surface area contributed by atoms with Crippen LogP contribution in [0.2, 0.25) is 0 Å². The highest BCUT2D eigenvalue weighted by atomic mass is 16.2. The highest BCUT2D eigenvalue weighted by Gasteiger charge is 2.38. The molecule has 2 aliphatic rings. The van der Waals surface area contributed by atoms with Crippen LogP contribution in [-0.4, -0.2) is 43.7 Å². The lowest BCUT2D eigenvalue weighted by molar-refractivity contribution is 0.0697. The zero-order chi connectivity index (χ0) is 23.3. The molecule has 3 aromatic rings. The Kier molecular flexibility index (Phi) is 5.27. The fourth-order valence-corrected chi connectivity index (χ4v) is 4.56. The average Bonchev–Trinajstić information content (AvgIpc) is 3.49. The molecule has 3 heterocycles. The first-order valence-corrected chi connectivity index (χ1v) is 11.6. The van der Waals surface area contributed by atoms with Crippen LogP contribution in [0.25, 0.3) is 22.6 Å². The Morgan fingerprint density at radius 1 is 1.15 bits per heavy atom. The van der Waals surface area contributed by atoms with Crippen molar-refractivity contribution in [3.8, 4) is 22.6 Å². The minimum atomic E-state index is -0.200. The maximum absolute atomic E-state index is 12.9. The van der Waals surface area contributed by atoms with E-state index < -0.39 is 0 Å². The quantitative estimate of drug-likeness (QED) is 0.593. The largest absolute Gasteiger partial charge is 0.348 e. The third-order valence-corrected chi connectivity index (χ3v) is 6.59. The molecule has 0 bridgehead atoms. The van der Waals surface area contributed by atoms with Gasteiger partial charge in [-0.15, -0.1) is 0 Å². The number of pyridine rings is 1. The number of aromatic nitrogens is 3. The zero-order valence-electron chi connectivity index (χ0n) is 19.5. The summed E-state index contributed by atoms with van der Waals surface area (Å²) in [6.07, 6.45) is 4.19. The van der Waals surface area contributed by atoms with Gasteiger partial charge in [0, 0.05) is 36.1 Å². The number of benzene rings is 1. The Balaban J connectivity index is 1.42. The van der Waals surface area contributed by atoms with Crippen molar-refractivity contribution < 1.29 is 9.59 Å². The topological polar surface area (TPSA) is 91.0 Å². The molecule has 33 heavy (non-hydrogen) atoms. The van der Waals surface area contributed by atoms with Crippen molar-refractivity contribution in [2.24, 2.45) is 5.92 Å². The van der Waals surface area contributed by atoms with E-state index in [1.807, 2.05) is 49.9 Å². The van der Waals surface area contributed by atoms with Crippen LogP contribution in [0.3, 0.4) is 0 Å². The van der Waals surface area contributed by atoms with Crippen molar-refractivity contribution in [3.63, 3.8) is 0 Å². The van der Waals surface area contributed by atoms with Crippen LogP contribution in [0.15, 0.2) is 36.5 Å². The van der Waals surface area contributed by atoms with E-state index in [4.69, 9.17) is 0 Å². The van der Waals surface area contributed by atoms with E-state index in [-0.39, 0.29) is 17.9 Å². The average molecular weight is 444 g/mol. The molecule has 7 heteroatoms. The predicted octanol–water partition coefficient (Wildman–Crippen LogP) is 4.34. The molecule has 1 aromatic carbocycles. The first kappa shape index (κ1) is 21.4. The molecule has 0 radical (unpaired) electrons. The molecule has 2 N–H and O–H groups in total. The second-order valence-electron chi connectivity index (χ2n) is 9.50. The van der Waals surface area contributed by atoms with E-state index in [1.165, 1.54) is 12.8 Å². The number of fused-ring (bicyclic) bond motifs is 1. The molecule has 7 nitrogen and oxygen atoms in total. The standard InChI is InChI=1S/C26H29N5O2/c1-14(2)28-25(32)23-15(3)29-24(30-23)22-12-19(9-10-27-22)18-7-8-21-20(11-18)13-31(26(21)33)16(4)17-5-6-17/h7-12,14,16-17H,5-6,13H2,1-4H3,(H,28,32)(H,29,30). The molecule has 1 aliphatic carbocycles. The molecule has 0 saturated heterocycles. The third kappa shape index (κ3) is 4.03. The van der Waals surface area contributed by atoms with Gasteiger partial charge in [-0.2, -0.15) is 0 Å². The predicted molar refractivity (Wildman–Crippen MR) is 127 cm³/mol. The lowest BCUT2D eigenvalue weighted by Crippen LogP contribution is -2.34. The van der Waals surface area contributed by atoms with Crippen molar-refractivity contribution in [3.05, 3.63) is 59.0 Å². The molecule has 1 unspecified atom stereocenters. The molecule has 2 amide bonds. The molecule has 0 spiro atoms. The Morgan fingerprint density at radius 2 is 1.91 bits per heavy atom. The second-order valence-corrected chi connectivity index (χ2v) is 9.50. The Morgan fingerprint density at radius 3 is 2.64 bits per heavy atom. The van der Waals surface area contributed by atoms with E-state index >= 15 is 0 Å². The van der Waals surface area contributed by atoms with Gasteiger partial charge in [-0.05, 0) is 87.4 Å². The van der Waals surface area contributed by atoms with Crippen LogP contribution >= 0.6 is 0 Å². The summed E-state index contributed by atoms with van der Waals surface area (Å²) in [6, 6.07) is 10.3. The summed E-state index contributed by atoms with van der Waals surface area (Å²) in [7, 11) is 0. The molecule has 2 aromatic heterocycles. The fraction of sp³-hybridized carbons (Fsp3) is 0.385. The summed E-state index contributed by atoms with van der Waals surface area (Å²) >= 11 is 0. The van der Waals surface area contributed by atoms with Crippen LogP contribution in [-0.2, 0) is 6.54 Å². The van der Waals surface area contributed by atoms with Crippen molar-refractivity contribution in [2.75, 3.05) is 0 Å². The minimum absolute atomic E-state index is 0.0355. The van der Waals surface area contributed by atoms with Gasteiger partial charge in [-0.3, -0.25) is 14.6 Å². The Hall–Kier alpha value is -3.48. The van der Waals surface area contributed by atoms with Gasteiger partial charge in [0.05, 0.1) is 0 Å². The number of H-pyrrole nitrogens is 1. The number of imidazole rings is 1. The van der Waals surface area contributed by atoms with Crippen LogP contribution in [0, 0.1) is 12.8 Å². The normalized spacial score (nSPS) is 16.3. The monoisotopic (exact) mass is 443 g/mol. The summed E-state index contributed by atoms with van der Waals surface area (Å²) < 4.78 is 0.